The third-order valence-electron chi connectivity index (χ3n) is 4.95. The summed E-state index contributed by atoms with van der Waals surface area (Å²) in [6.07, 6.45) is 1.94. The summed E-state index contributed by atoms with van der Waals surface area (Å²) in [4.78, 5) is 12.5. The van der Waals surface area contributed by atoms with Gasteiger partial charge in [-0.15, -0.1) is 0 Å². The van der Waals surface area contributed by atoms with Gasteiger partial charge in [-0.3, -0.25) is 4.52 Å². The number of nitrogens with zero attached hydrogens (tertiary/aromatic N) is 4. The minimum atomic E-state index is -3.66. The first kappa shape index (κ1) is 24.3. The molecule has 0 saturated carbocycles. The van der Waals surface area contributed by atoms with Crippen LogP contribution in [0.25, 0.3) is 11.2 Å². The highest BCUT2D eigenvalue weighted by Crippen LogP contribution is 2.51. The number of benzene rings is 1. The van der Waals surface area contributed by atoms with Gasteiger partial charge in [-0.2, -0.15) is 0 Å². The lowest BCUT2D eigenvalue weighted by molar-refractivity contribution is 0.0141. The molecule has 1 aliphatic rings. The molecule has 1 aromatic carbocycles. The molecule has 0 amide bonds. The molecule has 178 valence electrons. The summed E-state index contributed by atoms with van der Waals surface area (Å²) in [6.45, 7) is 2.29. The van der Waals surface area contributed by atoms with E-state index in [0.29, 0.717) is 35.0 Å². The smallest absolute Gasteiger partial charge is 0.405 e. The predicted molar refractivity (Wildman–Crippen MR) is 130 cm³/mol. The van der Waals surface area contributed by atoms with Crippen molar-refractivity contribution in [1.82, 2.24) is 19.5 Å². The molecule has 0 spiro atoms. The number of hydrogen-bond donors (Lipinski definition) is 1. The molecule has 3 heterocycles. The molecule has 13 heteroatoms. The van der Waals surface area contributed by atoms with Crippen molar-refractivity contribution in [1.29, 1.82) is 0 Å². The zero-order valence-electron chi connectivity index (χ0n) is 18.3. The fourth-order valence-electron chi connectivity index (χ4n) is 3.27. The van der Waals surface area contributed by atoms with Crippen molar-refractivity contribution >= 4 is 46.2 Å². The summed E-state index contributed by atoms with van der Waals surface area (Å²) in [7, 11) is 1.34. The Bertz CT molecular complexity index is 1100. The maximum absolute atomic E-state index is 13.8. The second-order valence-corrected chi connectivity index (χ2v) is 11.9. The monoisotopic (exact) mass is 511 g/mol. The molecule has 0 radical (unpaired) electrons. The zero-order chi connectivity index (χ0) is 23.3. The van der Waals surface area contributed by atoms with E-state index in [1.54, 1.807) is 47.2 Å². The molecule has 1 aliphatic heterocycles. The van der Waals surface area contributed by atoms with Crippen LogP contribution in [-0.4, -0.2) is 62.8 Å². The summed E-state index contributed by atoms with van der Waals surface area (Å²) >= 11 is 0. The molecule has 1 fully saturated rings. The Morgan fingerprint density at radius 3 is 2.70 bits per heavy atom. The van der Waals surface area contributed by atoms with Crippen LogP contribution in [0, 0.1) is 0 Å². The molecular formula is C20H26N5O5PS2. The van der Waals surface area contributed by atoms with Gasteiger partial charge in [0.1, 0.15) is 23.7 Å². The molecule has 1 saturated heterocycles. The number of anilines is 1. The minimum Gasteiger partial charge on any atom is -0.423 e. The van der Waals surface area contributed by atoms with Gasteiger partial charge in [-0.05, 0) is 19.1 Å². The normalized spacial score (nSPS) is 21.5. The molecule has 2 aromatic heterocycles. The highest BCUT2D eigenvalue weighted by atomic mass is 33.1. The van der Waals surface area contributed by atoms with Gasteiger partial charge < -0.3 is 24.3 Å². The molecule has 4 atom stereocenters. The van der Waals surface area contributed by atoms with Crippen molar-refractivity contribution < 1.29 is 23.1 Å². The Kier molecular flexibility index (Phi) is 8.15. The molecule has 10 nitrogen and oxygen atoms in total. The molecular weight excluding hydrogens is 485 g/mol. The van der Waals surface area contributed by atoms with Crippen LogP contribution in [0.15, 0.2) is 43.0 Å². The maximum atomic E-state index is 13.8. The number of nitrogen functional groups attached to an aromatic ring is 1. The van der Waals surface area contributed by atoms with Crippen LogP contribution in [0.5, 0.6) is 5.75 Å². The van der Waals surface area contributed by atoms with Crippen LogP contribution in [-0.2, 0) is 25.1 Å². The first-order chi connectivity index (χ1) is 16.0. The Balaban J connectivity index is 1.45. The van der Waals surface area contributed by atoms with Crippen LogP contribution in [0.3, 0.4) is 0 Å². The van der Waals surface area contributed by atoms with Crippen molar-refractivity contribution in [3.63, 3.8) is 0 Å². The molecule has 3 aromatic rings. The van der Waals surface area contributed by atoms with Crippen molar-refractivity contribution in [3.8, 4) is 5.75 Å². The highest BCUT2D eigenvalue weighted by molar-refractivity contribution is 8.76. The summed E-state index contributed by atoms with van der Waals surface area (Å²) in [5.41, 5.74) is 7.00. The van der Waals surface area contributed by atoms with E-state index < -0.39 is 7.60 Å². The van der Waals surface area contributed by atoms with E-state index >= 15 is 0 Å². The number of ether oxygens (including phenoxy) is 2. The van der Waals surface area contributed by atoms with Gasteiger partial charge in [0.2, 0.25) is 0 Å². The predicted octanol–water partition coefficient (Wildman–Crippen LogP) is 3.84. The summed E-state index contributed by atoms with van der Waals surface area (Å²) in [5, 5.41) is 0. The second-order valence-electron chi connectivity index (χ2n) is 7.44. The van der Waals surface area contributed by atoms with Crippen LogP contribution >= 0.6 is 29.2 Å². The lowest BCUT2D eigenvalue weighted by Crippen LogP contribution is -2.37. The van der Waals surface area contributed by atoms with Crippen molar-refractivity contribution in [2.75, 3.05) is 30.7 Å². The average molecular weight is 512 g/mol. The van der Waals surface area contributed by atoms with Crippen molar-refractivity contribution in [3.05, 3.63) is 43.0 Å². The van der Waals surface area contributed by atoms with E-state index in [-0.39, 0.29) is 24.7 Å². The van der Waals surface area contributed by atoms with Crippen LogP contribution in [0.2, 0.25) is 0 Å². The van der Waals surface area contributed by atoms with Gasteiger partial charge in [0.15, 0.2) is 17.8 Å². The third kappa shape index (κ3) is 6.20. The first-order valence-electron chi connectivity index (χ1n) is 10.3. The standard InChI is InChI=1S/C20H26N5O5PS2/c1-14(8-25-12-24-18-19(21)22-11-23-20(18)25)28-13-31(26,29-15-6-4-3-5-7-15)30-17-10-33-32-9-16(17)27-2/h3-7,11-12,14,16-17H,8-10,13H2,1-2H3,(H2,21,22,23)/t14-,16-,17?,31?/m1/s1. The van der Waals surface area contributed by atoms with E-state index in [9.17, 15) is 4.57 Å². The van der Waals surface area contributed by atoms with Crippen LogP contribution < -0.4 is 10.3 Å². The van der Waals surface area contributed by atoms with Crippen molar-refractivity contribution in [2.45, 2.75) is 31.8 Å². The number of rotatable bonds is 10. The average Bonchev–Trinajstić information content (AvgIpc) is 3.23. The summed E-state index contributed by atoms with van der Waals surface area (Å²) < 4.78 is 39.0. The topological polar surface area (TPSA) is 124 Å². The zero-order valence-corrected chi connectivity index (χ0v) is 20.8. The van der Waals surface area contributed by atoms with Gasteiger partial charge in [0.05, 0.1) is 25.1 Å². The Labute approximate surface area is 199 Å². The second kappa shape index (κ2) is 11.1. The lowest BCUT2D eigenvalue weighted by atomic mass is 10.2. The van der Waals surface area contributed by atoms with Crippen LogP contribution in [0.1, 0.15) is 6.92 Å². The van der Waals surface area contributed by atoms with Gasteiger partial charge >= 0.3 is 7.60 Å². The van der Waals surface area contributed by atoms with Gasteiger partial charge in [0, 0.05) is 18.6 Å². The maximum Gasteiger partial charge on any atom is 0.405 e. The number of methoxy groups -OCH3 is 1. The van der Waals surface area contributed by atoms with Gasteiger partial charge in [-0.1, -0.05) is 39.8 Å². The van der Waals surface area contributed by atoms with Crippen LogP contribution in [0.4, 0.5) is 5.82 Å². The van der Waals surface area contributed by atoms with Gasteiger partial charge in [0.25, 0.3) is 0 Å². The number of fused-ring (bicyclic) bond motifs is 1. The number of hydrogen-bond acceptors (Lipinski definition) is 11. The third-order valence-corrected chi connectivity index (χ3v) is 8.91. The number of imidazole rings is 1. The van der Waals surface area contributed by atoms with E-state index in [4.69, 9.17) is 24.3 Å². The lowest BCUT2D eigenvalue weighted by Gasteiger charge is -2.32. The first-order valence-corrected chi connectivity index (χ1v) is 14.5. The Morgan fingerprint density at radius 1 is 1.18 bits per heavy atom. The molecule has 0 bridgehead atoms. The highest BCUT2D eigenvalue weighted by Gasteiger charge is 2.37. The molecule has 0 aliphatic carbocycles. The van der Waals surface area contributed by atoms with E-state index in [0.717, 1.165) is 5.75 Å². The molecule has 2 N–H and O–H groups in total. The molecule has 4 rings (SSSR count). The quantitative estimate of drug-likeness (QED) is 0.315. The Morgan fingerprint density at radius 2 is 1.94 bits per heavy atom. The molecule has 2 unspecified atom stereocenters. The number of nitrogens with two attached hydrogens (primary N) is 1. The number of aromatic nitrogens is 4. The van der Waals surface area contributed by atoms with E-state index in [1.807, 2.05) is 29.7 Å². The Hall–Kier alpha value is -1.82. The summed E-state index contributed by atoms with van der Waals surface area (Å²) in [6, 6.07) is 8.96. The fraction of sp³-hybridized carbons (Fsp3) is 0.450. The largest absolute Gasteiger partial charge is 0.423 e. The molecule has 33 heavy (non-hydrogen) atoms. The van der Waals surface area contributed by atoms with E-state index in [1.165, 1.54) is 6.33 Å². The van der Waals surface area contributed by atoms with Crippen molar-refractivity contribution in [2.24, 2.45) is 0 Å². The van der Waals surface area contributed by atoms with Gasteiger partial charge in [-0.25, -0.2) is 19.5 Å². The fourth-order valence-corrected chi connectivity index (χ4v) is 7.51. The van der Waals surface area contributed by atoms with E-state index in [2.05, 4.69) is 15.0 Å². The number of para-hydroxylation sites is 1. The SMILES string of the molecule is CO[C@@H]1CSSCC1OP(=O)(CO[C@H](C)Cn1cnc2c(N)ncnc21)Oc1ccccc1. The summed E-state index contributed by atoms with van der Waals surface area (Å²) in [5.74, 6) is 2.16. The minimum absolute atomic E-state index is 0.177.